The number of hydrogen-bond donors (Lipinski definition) is 1. The van der Waals surface area contributed by atoms with Gasteiger partial charge >= 0.3 is 5.97 Å². The fourth-order valence-corrected chi connectivity index (χ4v) is 4.09. The Bertz CT molecular complexity index is 1080. The van der Waals surface area contributed by atoms with Crippen molar-refractivity contribution in [3.63, 3.8) is 0 Å². The lowest BCUT2D eigenvalue weighted by molar-refractivity contribution is 0.0364. The van der Waals surface area contributed by atoms with Crippen LogP contribution in [0.15, 0.2) is 51.7 Å². The second kappa shape index (κ2) is 6.85. The first-order chi connectivity index (χ1) is 13.0. The van der Waals surface area contributed by atoms with Crippen LogP contribution in [0, 0.1) is 0 Å². The number of aromatic amines is 1. The number of benzene rings is 1. The minimum absolute atomic E-state index is 0.142. The van der Waals surface area contributed by atoms with Gasteiger partial charge in [-0.1, -0.05) is 30.3 Å². The molecule has 1 aliphatic heterocycles. The van der Waals surface area contributed by atoms with Gasteiger partial charge in [-0.2, -0.15) is 0 Å². The van der Waals surface area contributed by atoms with Crippen LogP contribution >= 0.6 is 15.9 Å². The minimum Gasteiger partial charge on any atom is -0.458 e. The van der Waals surface area contributed by atoms with E-state index in [1.165, 1.54) is 0 Å². The van der Waals surface area contributed by atoms with Crippen molar-refractivity contribution in [2.75, 3.05) is 0 Å². The lowest BCUT2D eigenvalue weighted by Gasteiger charge is -2.21. The first kappa shape index (κ1) is 17.8. The molecular formula is C21H19BrN2O3. The van der Waals surface area contributed by atoms with E-state index in [-0.39, 0.29) is 17.6 Å². The van der Waals surface area contributed by atoms with E-state index in [2.05, 4.69) is 20.9 Å². The predicted octanol–water partition coefficient (Wildman–Crippen LogP) is 4.39. The van der Waals surface area contributed by atoms with Gasteiger partial charge in [0.05, 0.1) is 22.0 Å². The zero-order valence-corrected chi connectivity index (χ0v) is 16.7. The molecule has 3 aromatic rings. The zero-order chi connectivity index (χ0) is 19.1. The quantitative estimate of drug-likeness (QED) is 0.631. The highest BCUT2D eigenvalue weighted by atomic mass is 79.9. The van der Waals surface area contributed by atoms with Crippen LogP contribution < -0.4 is 5.56 Å². The molecule has 4 rings (SSSR count). The zero-order valence-electron chi connectivity index (χ0n) is 15.1. The Morgan fingerprint density at radius 2 is 1.96 bits per heavy atom. The maximum absolute atomic E-state index is 12.7. The SMILES string of the molecule is CC(C)OC(=O)c1c(Br)cc2n1CCc1cc(-c3ccccc3)c(=O)[nH]c1-2. The first-order valence-electron chi connectivity index (χ1n) is 8.87. The molecule has 0 amide bonds. The molecule has 0 unspecified atom stereocenters. The number of aromatic nitrogens is 2. The smallest absolute Gasteiger partial charge is 0.356 e. The number of H-pyrrole nitrogens is 1. The van der Waals surface area contributed by atoms with Crippen molar-refractivity contribution >= 4 is 21.9 Å². The topological polar surface area (TPSA) is 64.1 Å². The van der Waals surface area contributed by atoms with Crippen molar-refractivity contribution in [3.05, 3.63) is 68.5 Å². The molecule has 1 aliphatic rings. The molecule has 1 N–H and O–H groups in total. The maximum Gasteiger partial charge on any atom is 0.356 e. The fourth-order valence-electron chi connectivity index (χ4n) is 3.50. The molecule has 0 spiro atoms. The molecule has 6 heteroatoms. The Labute approximate surface area is 165 Å². The van der Waals surface area contributed by atoms with Crippen LogP contribution in [0.5, 0.6) is 0 Å². The number of pyridine rings is 1. The van der Waals surface area contributed by atoms with Crippen molar-refractivity contribution in [2.45, 2.75) is 32.9 Å². The summed E-state index contributed by atoms with van der Waals surface area (Å²) in [6.45, 7) is 4.30. The lowest BCUT2D eigenvalue weighted by Crippen LogP contribution is -2.22. The highest BCUT2D eigenvalue weighted by Crippen LogP contribution is 2.35. The summed E-state index contributed by atoms with van der Waals surface area (Å²) in [4.78, 5) is 28.2. The number of fused-ring (bicyclic) bond motifs is 3. The molecule has 138 valence electrons. The summed E-state index contributed by atoms with van der Waals surface area (Å²) in [5, 5.41) is 0. The number of rotatable bonds is 3. The molecule has 0 bridgehead atoms. The fraction of sp³-hybridized carbons (Fsp3) is 0.238. The van der Waals surface area contributed by atoms with E-state index < -0.39 is 0 Å². The molecule has 1 aromatic carbocycles. The van der Waals surface area contributed by atoms with Crippen LogP contribution in [0.2, 0.25) is 0 Å². The van der Waals surface area contributed by atoms with Crippen LogP contribution in [0.4, 0.5) is 0 Å². The van der Waals surface area contributed by atoms with Crippen molar-refractivity contribution in [2.24, 2.45) is 0 Å². The van der Waals surface area contributed by atoms with Gasteiger partial charge in [0.2, 0.25) is 0 Å². The number of nitrogens with one attached hydrogen (secondary N) is 1. The summed E-state index contributed by atoms with van der Waals surface area (Å²) in [6, 6.07) is 13.5. The second-order valence-electron chi connectivity index (χ2n) is 6.86. The van der Waals surface area contributed by atoms with Crippen molar-refractivity contribution < 1.29 is 9.53 Å². The van der Waals surface area contributed by atoms with E-state index in [1.807, 2.05) is 60.9 Å². The number of carbonyl (C=O) groups excluding carboxylic acids is 1. The minimum atomic E-state index is -0.366. The monoisotopic (exact) mass is 426 g/mol. The van der Waals surface area contributed by atoms with E-state index in [9.17, 15) is 9.59 Å². The Morgan fingerprint density at radius 1 is 1.22 bits per heavy atom. The molecular weight excluding hydrogens is 408 g/mol. The Balaban J connectivity index is 1.82. The van der Waals surface area contributed by atoms with Gasteiger partial charge in [-0.3, -0.25) is 4.79 Å². The number of halogens is 1. The first-order valence-corrected chi connectivity index (χ1v) is 9.67. The summed E-state index contributed by atoms with van der Waals surface area (Å²) >= 11 is 3.48. The standard InChI is InChI=1S/C21H19BrN2O3/c1-12(2)27-21(26)19-16(22)11-17-18-14(8-9-24(17)19)10-15(20(25)23-18)13-6-4-3-5-7-13/h3-7,10-12H,8-9H2,1-2H3,(H,23,25). The molecule has 0 aliphatic carbocycles. The molecule has 0 fully saturated rings. The molecule has 0 atom stereocenters. The van der Waals surface area contributed by atoms with Crippen molar-refractivity contribution in [1.82, 2.24) is 9.55 Å². The van der Waals surface area contributed by atoms with Crippen LogP contribution in [0.3, 0.4) is 0 Å². The van der Waals surface area contributed by atoms with Crippen molar-refractivity contribution in [3.8, 4) is 22.5 Å². The van der Waals surface area contributed by atoms with E-state index in [0.717, 1.165) is 28.9 Å². The third-order valence-electron chi connectivity index (χ3n) is 4.65. The average molecular weight is 427 g/mol. The number of hydrogen-bond acceptors (Lipinski definition) is 3. The third kappa shape index (κ3) is 3.14. The Kier molecular flexibility index (Phi) is 4.52. The van der Waals surface area contributed by atoms with Gasteiger partial charge in [0.1, 0.15) is 5.69 Å². The van der Waals surface area contributed by atoms with E-state index >= 15 is 0 Å². The summed E-state index contributed by atoms with van der Waals surface area (Å²) < 4.78 is 7.95. The van der Waals surface area contributed by atoms with Gasteiger partial charge in [0.15, 0.2) is 0 Å². The molecule has 3 heterocycles. The van der Waals surface area contributed by atoms with Gasteiger partial charge in [-0.25, -0.2) is 4.79 Å². The summed E-state index contributed by atoms with van der Waals surface area (Å²) in [5.74, 6) is -0.366. The van der Waals surface area contributed by atoms with Crippen molar-refractivity contribution in [1.29, 1.82) is 0 Å². The summed E-state index contributed by atoms with van der Waals surface area (Å²) in [7, 11) is 0. The Hall–Kier alpha value is -2.60. The molecule has 5 nitrogen and oxygen atoms in total. The van der Waals surface area contributed by atoms with E-state index in [1.54, 1.807) is 0 Å². The molecule has 27 heavy (non-hydrogen) atoms. The second-order valence-corrected chi connectivity index (χ2v) is 7.71. The summed E-state index contributed by atoms with van der Waals surface area (Å²) in [6.07, 6.45) is 0.529. The van der Waals surface area contributed by atoms with E-state index in [4.69, 9.17) is 4.74 Å². The van der Waals surface area contributed by atoms with Gasteiger partial charge in [0, 0.05) is 12.1 Å². The predicted molar refractivity (Wildman–Crippen MR) is 108 cm³/mol. The van der Waals surface area contributed by atoms with Gasteiger partial charge in [-0.05, 0) is 59.5 Å². The average Bonchev–Trinajstić information content (AvgIpc) is 2.98. The normalized spacial score (nSPS) is 12.6. The van der Waals surface area contributed by atoms with Crippen LogP contribution in [0.25, 0.3) is 22.5 Å². The highest BCUT2D eigenvalue weighted by Gasteiger charge is 2.27. The van der Waals surface area contributed by atoms with Crippen LogP contribution in [-0.4, -0.2) is 21.6 Å². The number of nitrogens with zero attached hydrogens (tertiary/aromatic N) is 1. The Morgan fingerprint density at radius 3 is 2.67 bits per heavy atom. The lowest BCUT2D eigenvalue weighted by atomic mass is 9.99. The summed E-state index contributed by atoms with van der Waals surface area (Å²) in [5.41, 5.74) is 4.53. The largest absolute Gasteiger partial charge is 0.458 e. The third-order valence-corrected chi connectivity index (χ3v) is 5.26. The number of esters is 1. The van der Waals surface area contributed by atoms with Crippen LogP contribution in [0.1, 0.15) is 29.9 Å². The highest BCUT2D eigenvalue weighted by molar-refractivity contribution is 9.10. The maximum atomic E-state index is 12.7. The molecule has 0 radical (unpaired) electrons. The van der Waals surface area contributed by atoms with Crippen LogP contribution in [-0.2, 0) is 17.7 Å². The molecule has 0 saturated carbocycles. The van der Waals surface area contributed by atoms with Gasteiger partial charge < -0.3 is 14.3 Å². The van der Waals surface area contributed by atoms with E-state index in [0.29, 0.717) is 22.3 Å². The molecule has 2 aromatic heterocycles. The van der Waals surface area contributed by atoms with Gasteiger partial charge in [-0.15, -0.1) is 0 Å². The number of ether oxygens (including phenoxy) is 1. The molecule has 0 saturated heterocycles. The van der Waals surface area contributed by atoms with Gasteiger partial charge in [0.25, 0.3) is 5.56 Å². The number of aryl methyl sites for hydroxylation is 1. The number of carbonyl (C=O) groups is 1.